The number of nitrogens with zero attached hydrogens (tertiary/aromatic N) is 1. The highest BCUT2D eigenvalue weighted by Crippen LogP contribution is 2.43. The second-order valence-electron chi connectivity index (χ2n) is 5.64. The van der Waals surface area contributed by atoms with Crippen molar-refractivity contribution in [3.8, 4) is 5.75 Å². The quantitative estimate of drug-likeness (QED) is 0.808. The second-order valence-corrected chi connectivity index (χ2v) is 5.64. The normalized spacial score (nSPS) is 26.8. The zero-order chi connectivity index (χ0) is 12.7. The standard InChI is InChI=1S/C16H21NO/c1-11(2)17-10-13-8-14(17)9-16(13)12-4-6-15(18-3)7-5-12/h4-7,9,11,13-14H,8,10H2,1-3H3/t13-,14-/m0/s1. The zero-order valence-corrected chi connectivity index (χ0v) is 11.4. The SMILES string of the molecule is COc1ccc(C2=C[C@@H]3C[C@H]2CN3C(C)C)cc1. The molecule has 2 aliphatic rings. The van der Waals surface area contributed by atoms with Crippen LogP contribution in [0.5, 0.6) is 5.75 Å². The third-order valence-corrected chi connectivity index (χ3v) is 4.28. The molecule has 2 nitrogen and oxygen atoms in total. The van der Waals surface area contributed by atoms with Gasteiger partial charge in [0.1, 0.15) is 5.75 Å². The Morgan fingerprint density at radius 3 is 2.44 bits per heavy atom. The third-order valence-electron chi connectivity index (χ3n) is 4.28. The predicted octanol–water partition coefficient (Wildman–Crippen LogP) is 3.19. The van der Waals surface area contributed by atoms with Gasteiger partial charge in [-0.1, -0.05) is 18.2 Å². The fourth-order valence-corrected chi connectivity index (χ4v) is 3.33. The van der Waals surface area contributed by atoms with E-state index in [0.29, 0.717) is 12.1 Å². The van der Waals surface area contributed by atoms with E-state index in [-0.39, 0.29) is 0 Å². The van der Waals surface area contributed by atoms with Crippen molar-refractivity contribution in [1.29, 1.82) is 0 Å². The Bertz CT molecular complexity index is 460. The van der Waals surface area contributed by atoms with E-state index in [9.17, 15) is 0 Å². The number of ether oxygens (including phenoxy) is 1. The van der Waals surface area contributed by atoms with E-state index in [1.165, 1.54) is 18.5 Å². The van der Waals surface area contributed by atoms with E-state index in [1.807, 2.05) is 0 Å². The van der Waals surface area contributed by atoms with Gasteiger partial charge in [0.15, 0.2) is 0 Å². The van der Waals surface area contributed by atoms with E-state index in [1.54, 1.807) is 12.7 Å². The molecule has 0 spiro atoms. The molecule has 0 radical (unpaired) electrons. The van der Waals surface area contributed by atoms with Crippen LogP contribution in [0.2, 0.25) is 0 Å². The molecular weight excluding hydrogens is 222 g/mol. The lowest BCUT2D eigenvalue weighted by atomic mass is 9.95. The molecule has 1 heterocycles. The van der Waals surface area contributed by atoms with Crippen molar-refractivity contribution in [1.82, 2.24) is 4.90 Å². The molecule has 1 aromatic rings. The number of likely N-dealkylation sites (tertiary alicyclic amines) is 1. The average Bonchev–Trinajstić information content (AvgIpc) is 2.98. The summed E-state index contributed by atoms with van der Waals surface area (Å²) in [6, 6.07) is 9.81. The number of hydrogen-bond acceptors (Lipinski definition) is 2. The molecule has 1 aliphatic heterocycles. The van der Waals surface area contributed by atoms with Gasteiger partial charge in [0.05, 0.1) is 7.11 Å². The Hall–Kier alpha value is -1.28. The monoisotopic (exact) mass is 243 g/mol. The molecule has 0 aromatic heterocycles. The van der Waals surface area contributed by atoms with Crippen LogP contribution in [0.25, 0.3) is 5.57 Å². The molecule has 3 rings (SSSR count). The summed E-state index contributed by atoms with van der Waals surface area (Å²) < 4.78 is 5.21. The lowest BCUT2D eigenvalue weighted by Gasteiger charge is -2.29. The molecule has 0 amide bonds. The highest BCUT2D eigenvalue weighted by molar-refractivity contribution is 5.72. The summed E-state index contributed by atoms with van der Waals surface area (Å²) in [6.45, 7) is 5.81. The van der Waals surface area contributed by atoms with E-state index in [2.05, 4.69) is 49.1 Å². The van der Waals surface area contributed by atoms with E-state index in [0.717, 1.165) is 11.7 Å². The van der Waals surface area contributed by atoms with Gasteiger partial charge in [0, 0.05) is 18.6 Å². The summed E-state index contributed by atoms with van der Waals surface area (Å²) in [4.78, 5) is 2.61. The average molecular weight is 243 g/mol. The summed E-state index contributed by atoms with van der Waals surface area (Å²) in [5, 5.41) is 0. The number of benzene rings is 1. The van der Waals surface area contributed by atoms with Gasteiger partial charge in [0.25, 0.3) is 0 Å². The first kappa shape index (κ1) is 11.8. The minimum absolute atomic E-state index is 0.659. The summed E-state index contributed by atoms with van der Waals surface area (Å²) >= 11 is 0. The van der Waals surface area contributed by atoms with Crippen molar-refractivity contribution < 1.29 is 4.74 Å². The fourth-order valence-electron chi connectivity index (χ4n) is 3.33. The van der Waals surface area contributed by atoms with Crippen molar-refractivity contribution in [3.63, 3.8) is 0 Å². The maximum Gasteiger partial charge on any atom is 0.118 e. The minimum Gasteiger partial charge on any atom is -0.497 e. The number of fused-ring (bicyclic) bond motifs is 2. The van der Waals surface area contributed by atoms with E-state index >= 15 is 0 Å². The van der Waals surface area contributed by atoms with Crippen LogP contribution in [0.15, 0.2) is 30.3 Å². The topological polar surface area (TPSA) is 12.5 Å². The maximum atomic E-state index is 5.21. The Kier molecular flexibility index (Phi) is 2.90. The first-order valence-corrected chi connectivity index (χ1v) is 6.81. The molecule has 2 atom stereocenters. The van der Waals surface area contributed by atoms with Crippen LogP contribution in [0.1, 0.15) is 25.8 Å². The molecule has 0 saturated carbocycles. The van der Waals surface area contributed by atoms with Crippen molar-refractivity contribution in [2.45, 2.75) is 32.4 Å². The molecule has 1 aromatic carbocycles. The molecule has 1 fully saturated rings. The van der Waals surface area contributed by atoms with Crippen LogP contribution in [-0.4, -0.2) is 30.6 Å². The van der Waals surface area contributed by atoms with Gasteiger partial charge in [-0.05, 0) is 49.5 Å². The molecular formula is C16H21NO. The van der Waals surface area contributed by atoms with Gasteiger partial charge in [-0.25, -0.2) is 0 Å². The lowest BCUT2D eigenvalue weighted by Crippen LogP contribution is -2.36. The maximum absolute atomic E-state index is 5.21. The van der Waals surface area contributed by atoms with Crippen LogP contribution in [0, 0.1) is 5.92 Å². The summed E-state index contributed by atoms with van der Waals surface area (Å²) in [5.41, 5.74) is 2.91. The molecule has 96 valence electrons. The summed E-state index contributed by atoms with van der Waals surface area (Å²) in [7, 11) is 1.71. The molecule has 1 saturated heterocycles. The molecule has 2 heteroatoms. The Balaban J connectivity index is 1.83. The zero-order valence-electron chi connectivity index (χ0n) is 11.4. The molecule has 18 heavy (non-hydrogen) atoms. The van der Waals surface area contributed by atoms with Gasteiger partial charge < -0.3 is 4.74 Å². The fraction of sp³-hybridized carbons (Fsp3) is 0.500. The Morgan fingerprint density at radius 1 is 1.22 bits per heavy atom. The molecule has 0 N–H and O–H groups in total. The van der Waals surface area contributed by atoms with Crippen LogP contribution in [-0.2, 0) is 0 Å². The van der Waals surface area contributed by atoms with Crippen molar-refractivity contribution >= 4 is 5.57 Å². The first-order chi connectivity index (χ1) is 8.69. The lowest BCUT2D eigenvalue weighted by molar-refractivity contribution is 0.227. The van der Waals surface area contributed by atoms with E-state index < -0.39 is 0 Å². The van der Waals surface area contributed by atoms with Crippen molar-refractivity contribution in [2.24, 2.45) is 5.92 Å². The van der Waals surface area contributed by atoms with Gasteiger partial charge in [-0.2, -0.15) is 0 Å². The molecule has 0 unspecified atom stereocenters. The second kappa shape index (κ2) is 4.43. The summed E-state index contributed by atoms with van der Waals surface area (Å²) in [5.74, 6) is 1.66. The smallest absolute Gasteiger partial charge is 0.118 e. The predicted molar refractivity (Wildman–Crippen MR) is 74.7 cm³/mol. The Labute approximate surface area is 109 Å². The van der Waals surface area contributed by atoms with Crippen molar-refractivity contribution in [3.05, 3.63) is 35.9 Å². The summed E-state index contributed by atoms with van der Waals surface area (Å²) in [6.07, 6.45) is 3.77. The van der Waals surface area contributed by atoms with Crippen LogP contribution < -0.4 is 4.74 Å². The van der Waals surface area contributed by atoms with Gasteiger partial charge in [-0.3, -0.25) is 4.90 Å². The van der Waals surface area contributed by atoms with E-state index in [4.69, 9.17) is 4.74 Å². The Morgan fingerprint density at radius 2 is 1.94 bits per heavy atom. The highest BCUT2D eigenvalue weighted by atomic mass is 16.5. The minimum atomic E-state index is 0.659. The number of rotatable bonds is 3. The number of methoxy groups -OCH3 is 1. The molecule has 2 bridgehead atoms. The van der Waals surface area contributed by atoms with Crippen LogP contribution >= 0.6 is 0 Å². The van der Waals surface area contributed by atoms with Crippen molar-refractivity contribution in [2.75, 3.05) is 13.7 Å². The largest absolute Gasteiger partial charge is 0.497 e. The van der Waals surface area contributed by atoms with Gasteiger partial charge in [-0.15, -0.1) is 0 Å². The first-order valence-electron chi connectivity index (χ1n) is 6.81. The van der Waals surface area contributed by atoms with Crippen LogP contribution in [0.3, 0.4) is 0 Å². The van der Waals surface area contributed by atoms with Gasteiger partial charge in [0.2, 0.25) is 0 Å². The highest BCUT2D eigenvalue weighted by Gasteiger charge is 2.39. The number of hydrogen-bond donors (Lipinski definition) is 0. The molecule has 1 aliphatic carbocycles. The van der Waals surface area contributed by atoms with Crippen LogP contribution in [0.4, 0.5) is 0 Å². The third kappa shape index (κ3) is 1.85. The van der Waals surface area contributed by atoms with Gasteiger partial charge >= 0.3 is 0 Å².